The minimum absolute atomic E-state index is 0.144. The largest absolute Gasteiger partial charge is 0.496 e. The maximum atomic E-state index is 14.8. The fraction of sp³-hybridized carbons (Fsp3) is 0.633. The highest BCUT2D eigenvalue weighted by Crippen LogP contribution is 2.68. The van der Waals surface area contributed by atoms with Crippen LogP contribution in [0.4, 0.5) is 5.69 Å². The zero-order valence-electron chi connectivity index (χ0n) is 37.8. The van der Waals surface area contributed by atoms with Gasteiger partial charge in [0.2, 0.25) is 0 Å². The number of hydrogen-bond donors (Lipinski definition) is 5. The fourth-order valence-corrected chi connectivity index (χ4v) is 15.2. The van der Waals surface area contributed by atoms with Crippen molar-refractivity contribution in [1.29, 1.82) is 0 Å². The van der Waals surface area contributed by atoms with Gasteiger partial charge in [-0.25, -0.2) is 0 Å². The molecule has 2 bridgehead atoms. The van der Waals surface area contributed by atoms with Crippen molar-refractivity contribution in [3.63, 3.8) is 0 Å². The summed E-state index contributed by atoms with van der Waals surface area (Å²) in [6, 6.07) is 13.2. The minimum Gasteiger partial charge on any atom is -0.496 e. The summed E-state index contributed by atoms with van der Waals surface area (Å²) in [6.07, 6.45) is 9.16. The molecule has 2 aromatic rings. The molecule has 7 aliphatic rings. The molecule has 2 saturated heterocycles. The van der Waals surface area contributed by atoms with Gasteiger partial charge in [-0.15, -0.1) is 0 Å². The van der Waals surface area contributed by atoms with E-state index in [4.69, 9.17) is 14.3 Å². The lowest BCUT2D eigenvalue weighted by atomic mass is 9.47. The van der Waals surface area contributed by atoms with Crippen molar-refractivity contribution >= 4 is 31.6 Å². The predicted molar refractivity (Wildman–Crippen MR) is 240 cm³/mol. The number of rotatable bonds is 9. The van der Waals surface area contributed by atoms with Crippen LogP contribution in [0.5, 0.6) is 5.75 Å². The number of aliphatic hydroxyl groups excluding tert-OH is 1. The van der Waals surface area contributed by atoms with Crippen molar-refractivity contribution in [2.75, 3.05) is 58.3 Å². The molecular weight excluding hydrogens is 801 g/mol. The van der Waals surface area contributed by atoms with E-state index < -0.39 is 53.8 Å². The highest BCUT2D eigenvalue weighted by Gasteiger charge is 2.78. The van der Waals surface area contributed by atoms with Gasteiger partial charge >= 0.3 is 6.15 Å². The van der Waals surface area contributed by atoms with Gasteiger partial charge in [0.1, 0.15) is 11.9 Å². The van der Waals surface area contributed by atoms with Gasteiger partial charge in [0.15, 0.2) is 13.9 Å². The van der Waals surface area contributed by atoms with Gasteiger partial charge in [0.05, 0.1) is 18.8 Å². The molecule has 1 amide bonds. The molecule has 336 valence electrons. The molecule has 1 unspecified atom stereocenters. The number of methoxy groups -OCH3 is 1. The van der Waals surface area contributed by atoms with E-state index in [2.05, 4.69) is 89.3 Å². The molecule has 2 aliphatic carbocycles. The summed E-state index contributed by atoms with van der Waals surface area (Å²) in [5.74, 6) is 0.504. The fourth-order valence-electron chi connectivity index (χ4n) is 14.1. The first-order valence-electron chi connectivity index (χ1n) is 22.9. The summed E-state index contributed by atoms with van der Waals surface area (Å²) in [5.41, 5.74) is 3.86. The summed E-state index contributed by atoms with van der Waals surface area (Å²) in [5, 5.41) is 41.1. The molecule has 10 atom stereocenters. The van der Waals surface area contributed by atoms with E-state index in [0.29, 0.717) is 32.0 Å². The number of benzene rings is 2. The van der Waals surface area contributed by atoms with Gasteiger partial charge in [0.25, 0.3) is 5.91 Å². The van der Waals surface area contributed by atoms with Crippen LogP contribution in [-0.2, 0) is 31.6 Å². The predicted octanol–water partition coefficient (Wildman–Crippen LogP) is 4.54. The Balaban J connectivity index is 0.00000171. The second-order valence-electron chi connectivity index (χ2n) is 20.6. The van der Waals surface area contributed by atoms with E-state index in [0.717, 1.165) is 87.3 Å². The van der Waals surface area contributed by atoms with E-state index in [-0.39, 0.29) is 18.1 Å². The Hall–Kier alpha value is -3.65. The summed E-state index contributed by atoms with van der Waals surface area (Å²) in [7, 11) is 1.41. The standard InChI is InChI=1S/C48H68N4O6Si.CO2/c1-8-45(55)28-31-27-44(3,35-24-32-14-10-11-15-33(32)34(35)16-21-51(29-31)30-45)37-25-36-38(26-39(37)58-5)50(4)41-47(36)18-22-52-20-12-17-46(9-2,40(47)52)42(53)48(41,56)43(54)49-19-13-23-59(6,7)57;2-1-3/h10-12,14-15,17,25-26,31,40-42,53,55-57H,8-9,13,16,18-24,27-30H2,1-7H3,(H,49,54);/t31-,40-,41+,42+,44-,45-,46+,47+,48-;/m1./s1. The third kappa shape index (κ3) is 6.71. The number of nitrogens with zero attached hydrogens (tertiary/aromatic N) is 3. The smallest absolute Gasteiger partial charge is 0.373 e. The van der Waals surface area contributed by atoms with Crippen LogP contribution in [0, 0.1) is 11.3 Å². The molecule has 62 heavy (non-hydrogen) atoms. The van der Waals surface area contributed by atoms with Crippen molar-refractivity contribution in [1.82, 2.24) is 15.1 Å². The lowest BCUT2D eigenvalue weighted by Crippen LogP contribution is -2.81. The van der Waals surface area contributed by atoms with Crippen LogP contribution in [0.3, 0.4) is 0 Å². The number of anilines is 1. The Kier molecular flexibility index (Phi) is 11.7. The molecule has 3 fully saturated rings. The summed E-state index contributed by atoms with van der Waals surface area (Å²) < 4.78 is 6.48. The summed E-state index contributed by atoms with van der Waals surface area (Å²) in [4.78, 5) is 48.7. The second kappa shape index (κ2) is 16.1. The Labute approximate surface area is 368 Å². The van der Waals surface area contributed by atoms with Crippen LogP contribution in [0.2, 0.25) is 19.1 Å². The summed E-state index contributed by atoms with van der Waals surface area (Å²) >= 11 is 0. The van der Waals surface area contributed by atoms with Crippen LogP contribution in [0.15, 0.2) is 54.1 Å². The molecule has 0 radical (unpaired) electrons. The average molecular weight is 869 g/mol. The maximum Gasteiger partial charge on any atom is 0.373 e. The topological polar surface area (TPSA) is 163 Å². The van der Waals surface area contributed by atoms with Crippen molar-refractivity contribution in [2.45, 2.75) is 131 Å². The Morgan fingerprint density at radius 1 is 1.05 bits per heavy atom. The van der Waals surface area contributed by atoms with Gasteiger partial charge in [0, 0.05) is 79.4 Å². The molecule has 2 aromatic carbocycles. The van der Waals surface area contributed by atoms with Crippen LogP contribution < -0.4 is 15.0 Å². The molecule has 12 nitrogen and oxygen atoms in total. The van der Waals surface area contributed by atoms with Gasteiger partial charge in [-0.05, 0) is 111 Å². The quantitative estimate of drug-likeness (QED) is 0.137. The number of carbonyl (C=O) groups is 1. The molecule has 5 aliphatic heterocycles. The molecule has 0 aromatic heterocycles. The molecule has 13 heteroatoms. The van der Waals surface area contributed by atoms with Crippen molar-refractivity contribution < 1.29 is 39.2 Å². The van der Waals surface area contributed by atoms with E-state index in [9.17, 15) is 24.9 Å². The first-order chi connectivity index (χ1) is 29.4. The molecule has 1 spiro atoms. The lowest BCUT2D eigenvalue weighted by molar-refractivity contribution is -0.203. The minimum atomic E-state index is -2.33. The number of likely N-dealkylation sites (N-methyl/N-ethyl adjacent to an activating group) is 1. The number of hydrogen-bond acceptors (Lipinski definition) is 11. The number of ether oxygens (including phenoxy) is 1. The second-order valence-corrected chi connectivity index (χ2v) is 24.7. The number of piperidine rings is 1. The SMILES string of the molecule is CC[C@@]1(O)C[C@@H]2CN(CCC3=C(Cc4ccccc43)[C@](C)(c3cc4c(cc3OC)N(C)[C@@H]3[C@](O)(C(=O)NCCC[Si](C)(C)O)[C@@H](O)[C@@]5(CC)C=CCN6CC[C@@]43[C@H]65)C2)C1.O=C=O. The first kappa shape index (κ1) is 44.9. The average Bonchev–Trinajstić information content (AvgIpc) is 3.90. The van der Waals surface area contributed by atoms with E-state index in [1.807, 2.05) is 20.1 Å². The Morgan fingerprint density at radius 3 is 2.48 bits per heavy atom. The van der Waals surface area contributed by atoms with Crippen LogP contribution in [0.1, 0.15) is 88.0 Å². The van der Waals surface area contributed by atoms with Gasteiger partial charge in [-0.2, -0.15) is 9.59 Å². The van der Waals surface area contributed by atoms with E-state index >= 15 is 0 Å². The highest BCUT2D eigenvalue weighted by atomic mass is 28.4. The lowest BCUT2D eigenvalue weighted by Gasteiger charge is -2.63. The van der Waals surface area contributed by atoms with Crippen LogP contribution in [-0.4, -0.2) is 133 Å². The van der Waals surface area contributed by atoms with E-state index in [1.165, 1.54) is 22.3 Å². The molecule has 9 rings (SSSR count). The maximum absolute atomic E-state index is 14.8. The van der Waals surface area contributed by atoms with E-state index in [1.54, 1.807) is 7.11 Å². The molecule has 5 heterocycles. The third-order valence-electron chi connectivity index (χ3n) is 16.7. The van der Waals surface area contributed by atoms with Gasteiger partial charge in [-0.3, -0.25) is 14.6 Å². The van der Waals surface area contributed by atoms with Crippen molar-refractivity contribution in [3.05, 3.63) is 76.4 Å². The van der Waals surface area contributed by atoms with Gasteiger partial charge in [-0.1, -0.05) is 62.8 Å². The van der Waals surface area contributed by atoms with Gasteiger partial charge < -0.3 is 35.1 Å². The number of allylic oxidation sites excluding steroid dienone is 1. The molecular formula is C49H68N4O8Si. The van der Waals surface area contributed by atoms with Crippen LogP contribution >= 0.6 is 0 Å². The monoisotopic (exact) mass is 868 g/mol. The van der Waals surface area contributed by atoms with Crippen molar-refractivity contribution in [2.24, 2.45) is 11.3 Å². The van der Waals surface area contributed by atoms with Crippen molar-refractivity contribution in [3.8, 4) is 5.75 Å². The number of fused-ring (bicyclic) bond motifs is 5. The zero-order valence-corrected chi connectivity index (χ0v) is 38.8. The molecule has 5 N–H and O–H groups in total. The number of nitrogens with one attached hydrogen (secondary N) is 1. The highest BCUT2D eigenvalue weighted by molar-refractivity contribution is 6.69. The normalized spacial score (nSPS) is 36.7. The number of amides is 1. The van der Waals surface area contributed by atoms with Crippen LogP contribution in [0.25, 0.3) is 5.57 Å². The Bertz CT molecular complexity index is 2190. The Morgan fingerprint density at radius 2 is 1.79 bits per heavy atom. The first-order valence-corrected chi connectivity index (χ1v) is 26.1. The summed E-state index contributed by atoms with van der Waals surface area (Å²) in [6.45, 7) is 14.8. The number of aliphatic hydroxyl groups is 3. The number of carbonyl (C=O) groups excluding carboxylic acids is 3. The zero-order chi connectivity index (χ0) is 44.6. The third-order valence-corrected chi connectivity index (χ3v) is 18.2. The molecule has 1 saturated carbocycles.